The van der Waals surface area contributed by atoms with Crippen molar-refractivity contribution in [3.63, 3.8) is 0 Å². The van der Waals surface area contributed by atoms with Crippen LogP contribution in [0.4, 0.5) is 0 Å². The minimum absolute atomic E-state index is 0.0682. The summed E-state index contributed by atoms with van der Waals surface area (Å²) in [7, 11) is 3.28. The number of nitrogens with one attached hydrogen (secondary N) is 1. The second kappa shape index (κ2) is 11.5. The first kappa shape index (κ1) is 22.0. The highest BCUT2D eigenvalue weighted by molar-refractivity contribution is 6.42. The van der Waals surface area contributed by atoms with Crippen LogP contribution in [0.1, 0.15) is 16.8 Å². The van der Waals surface area contributed by atoms with Gasteiger partial charge in [-0.3, -0.25) is 14.9 Å². The number of imide groups is 1. The predicted molar refractivity (Wildman–Crippen MR) is 98.1 cm³/mol. The molecule has 1 aromatic carbocycles. The van der Waals surface area contributed by atoms with Crippen molar-refractivity contribution in [1.29, 1.82) is 0 Å². The zero-order valence-corrected chi connectivity index (χ0v) is 15.9. The lowest BCUT2D eigenvalue weighted by Crippen LogP contribution is -2.26. The lowest BCUT2D eigenvalue weighted by molar-refractivity contribution is -0.121. The molecule has 0 aliphatic heterocycles. The summed E-state index contributed by atoms with van der Waals surface area (Å²) < 4.78 is 10.5. The highest BCUT2D eigenvalue weighted by Crippen LogP contribution is 2.23. The first-order valence-electron chi connectivity index (χ1n) is 7.65. The quantitative estimate of drug-likeness (QED) is 0.367. The Balaban J connectivity index is 2.44. The summed E-state index contributed by atoms with van der Waals surface area (Å²) in [5.74, 6) is -1.03. The first-order valence-corrected chi connectivity index (χ1v) is 8.40. The van der Waals surface area contributed by atoms with Gasteiger partial charge in [0.15, 0.2) is 0 Å². The Morgan fingerprint density at radius 3 is 2.65 bits per heavy atom. The number of esters is 1. The van der Waals surface area contributed by atoms with Gasteiger partial charge >= 0.3 is 5.97 Å². The van der Waals surface area contributed by atoms with Crippen LogP contribution in [-0.2, 0) is 19.1 Å². The number of nitrogens with zero attached hydrogens (tertiary/aromatic N) is 1. The summed E-state index contributed by atoms with van der Waals surface area (Å²) in [4.78, 5) is 35.0. The van der Waals surface area contributed by atoms with E-state index in [4.69, 9.17) is 32.7 Å². The van der Waals surface area contributed by atoms with Crippen molar-refractivity contribution in [3.05, 3.63) is 46.1 Å². The minimum atomic E-state index is -0.524. The number of rotatable bonds is 10. The van der Waals surface area contributed by atoms with Crippen LogP contribution in [0.5, 0.6) is 0 Å². The molecule has 0 aliphatic carbocycles. The summed E-state index contributed by atoms with van der Waals surface area (Å²) in [6.07, 6.45) is 3.33. The maximum atomic E-state index is 12.0. The van der Waals surface area contributed by atoms with E-state index in [2.05, 4.69) is 0 Å². The highest BCUT2D eigenvalue weighted by atomic mass is 35.5. The maximum Gasteiger partial charge on any atom is 0.338 e. The Morgan fingerprint density at radius 2 is 2.04 bits per heavy atom. The molecule has 1 rings (SSSR count). The molecule has 0 heterocycles. The van der Waals surface area contributed by atoms with Crippen LogP contribution in [0.15, 0.2) is 30.5 Å². The van der Waals surface area contributed by atoms with Gasteiger partial charge in [-0.1, -0.05) is 23.2 Å². The molecule has 26 heavy (non-hydrogen) atoms. The number of halogens is 2. The summed E-state index contributed by atoms with van der Waals surface area (Å²) in [6.45, 7) is 0.618. The molecule has 9 heteroatoms. The Bertz CT molecular complexity index is 667. The molecular formula is C17H20Cl2N2O5. The Morgan fingerprint density at radius 1 is 1.31 bits per heavy atom. The van der Waals surface area contributed by atoms with Crippen molar-refractivity contribution >= 4 is 41.5 Å². The van der Waals surface area contributed by atoms with Gasteiger partial charge in [0.1, 0.15) is 6.61 Å². The lowest BCUT2D eigenvalue weighted by atomic mass is 10.2. The number of carbonyl (C=O) groups is 3. The van der Waals surface area contributed by atoms with Crippen molar-refractivity contribution in [2.45, 2.75) is 12.5 Å². The highest BCUT2D eigenvalue weighted by Gasteiger charge is 2.14. The SMILES string of the molecule is COC(CCN(C)/C=C\C(=O)NC=O)COC(=O)c1ccc(Cl)c(Cl)c1. The van der Waals surface area contributed by atoms with Crippen LogP contribution in [0.3, 0.4) is 0 Å². The number of methoxy groups -OCH3 is 1. The molecule has 1 atom stereocenters. The van der Waals surface area contributed by atoms with Gasteiger partial charge in [-0.15, -0.1) is 0 Å². The molecule has 0 aromatic heterocycles. The number of carbonyl (C=O) groups excluding carboxylic acids is 3. The molecule has 1 aromatic rings. The third-order valence-electron chi connectivity index (χ3n) is 3.37. The molecule has 0 aliphatic rings. The van der Waals surface area contributed by atoms with E-state index < -0.39 is 11.9 Å². The van der Waals surface area contributed by atoms with Gasteiger partial charge in [0.25, 0.3) is 5.91 Å². The van der Waals surface area contributed by atoms with Crippen LogP contribution < -0.4 is 5.32 Å². The smallest absolute Gasteiger partial charge is 0.338 e. The summed E-state index contributed by atoms with van der Waals surface area (Å²) >= 11 is 11.7. The van der Waals surface area contributed by atoms with Crippen molar-refractivity contribution in [3.8, 4) is 0 Å². The van der Waals surface area contributed by atoms with E-state index in [1.807, 2.05) is 5.32 Å². The molecular weight excluding hydrogens is 383 g/mol. The fourth-order valence-corrected chi connectivity index (χ4v) is 2.17. The zero-order valence-electron chi connectivity index (χ0n) is 14.4. The van der Waals surface area contributed by atoms with Crippen LogP contribution >= 0.6 is 23.2 Å². The molecule has 2 amide bonds. The first-order chi connectivity index (χ1) is 12.4. The van der Waals surface area contributed by atoms with Gasteiger partial charge < -0.3 is 14.4 Å². The summed E-state index contributed by atoms with van der Waals surface area (Å²) in [6, 6.07) is 4.49. The van der Waals surface area contributed by atoms with Crippen molar-refractivity contribution in [2.24, 2.45) is 0 Å². The van der Waals surface area contributed by atoms with Crippen molar-refractivity contribution < 1.29 is 23.9 Å². The Kier molecular flexibility index (Phi) is 9.72. The largest absolute Gasteiger partial charge is 0.459 e. The predicted octanol–water partition coefficient (Wildman–Crippen LogP) is 2.27. The fraction of sp³-hybridized carbons (Fsp3) is 0.353. The maximum absolute atomic E-state index is 12.0. The van der Waals surface area contributed by atoms with Crippen LogP contribution in [-0.4, -0.2) is 56.6 Å². The second-order valence-corrected chi connectivity index (χ2v) is 6.11. The third-order valence-corrected chi connectivity index (χ3v) is 4.11. The molecule has 0 fully saturated rings. The van der Waals surface area contributed by atoms with Gasteiger partial charge in [-0.05, 0) is 24.6 Å². The molecule has 7 nitrogen and oxygen atoms in total. The minimum Gasteiger partial charge on any atom is -0.459 e. The number of hydrogen-bond acceptors (Lipinski definition) is 6. The summed E-state index contributed by atoms with van der Waals surface area (Å²) in [5, 5.41) is 2.63. The van der Waals surface area contributed by atoms with E-state index in [-0.39, 0.29) is 17.7 Å². The van der Waals surface area contributed by atoms with Gasteiger partial charge in [-0.2, -0.15) is 0 Å². The monoisotopic (exact) mass is 402 g/mol. The average Bonchev–Trinajstić information content (AvgIpc) is 2.62. The van der Waals surface area contributed by atoms with E-state index in [0.717, 1.165) is 0 Å². The Labute approximate surface area is 161 Å². The zero-order chi connectivity index (χ0) is 19.5. The van der Waals surface area contributed by atoms with Crippen LogP contribution in [0.2, 0.25) is 10.0 Å². The number of benzene rings is 1. The number of ether oxygens (including phenoxy) is 2. The Hall–Kier alpha value is -2.09. The molecule has 142 valence electrons. The summed E-state index contributed by atoms with van der Waals surface area (Å²) in [5.41, 5.74) is 0.301. The number of hydrogen-bond donors (Lipinski definition) is 1. The van der Waals surface area contributed by atoms with E-state index in [0.29, 0.717) is 30.0 Å². The van der Waals surface area contributed by atoms with Crippen LogP contribution in [0.25, 0.3) is 0 Å². The fourth-order valence-electron chi connectivity index (χ4n) is 1.87. The molecule has 0 saturated carbocycles. The molecule has 0 bridgehead atoms. The van der Waals surface area contributed by atoms with Crippen molar-refractivity contribution in [1.82, 2.24) is 10.2 Å². The van der Waals surface area contributed by atoms with E-state index in [1.165, 1.54) is 37.6 Å². The molecule has 1 N–H and O–H groups in total. The molecule has 0 saturated heterocycles. The average molecular weight is 403 g/mol. The van der Waals surface area contributed by atoms with Gasteiger partial charge in [-0.25, -0.2) is 4.79 Å². The van der Waals surface area contributed by atoms with Gasteiger partial charge in [0, 0.05) is 33.0 Å². The van der Waals surface area contributed by atoms with Gasteiger partial charge in [0.05, 0.1) is 21.7 Å². The van der Waals surface area contributed by atoms with E-state index in [9.17, 15) is 14.4 Å². The standard InChI is InChI=1S/C17H20Cl2N2O5/c1-21(8-6-16(23)20-11-22)7-5-13(25-2)10-26-17(24)12-3-4-14(18)15(19)9-12/h3-4,6,8-9,11,13H,5,7,10H2,1-2H3,(H,20,22,23)/b8-6-. The lowest BCUT2D eigenvalue weighted by Gasteiger charge is -2.19. The number of amides is 2. The molecule has 1 unspecified atom stereocenters. The van der Waals surface area contributed by atoms with E-state index in [1.54, 1.807) is 11.9 Å². The molecule has 0 radical (unpaired) electrons. The second-order valence-electron chi connectivity index (χ2n) is 5.30. The van der Waals surface area contributed by atoms with E-state index >= 15 is 0 Å². The normalized spacial score (nSPS) is 11.8. The topological polar surface area (TPSA) is 84.9 Å². The van der Waals surface area contributed by atoms with Gasteiger partial charge in [0.2, 0.25) is 6.41 Å². The van der Waals surface area contributed by atoms with Crippen molar-refractivity contribution in [2.75, 3.05) is 27.3 Å². The third kappa shape index (κ3) is 7.86. The molecule has 0 spiro atoms. The van der Waals surface area contributed by atoms with Crippen LogP contribution in [0, 0.1) is 0 Å².